The van der Waals surface area contributed by atoms with Crippen LogP contribution in [0.3, 0.4) is 0 Å². The maximum absolute atomic E-state index is 8.64. The molecule has 1 fully saturated rings. The summed E-state index contributed by atoms with van der Waals surface area (Å²) in [6, 6.07) is 2.34. The van der Waals surface area contributed by atoms with Crippen LogP contribution in [0.15, 0.2) is 12.2 Å². The molecular formula is C10H15N. The summed E-state index contributed by atoms with van der Waals surface area (Å²) in [5, 5.41) is 8.64. The van der Waals surface area contributed by atoms with E-state index in [-0.39, 0.29) is 0 Å². The topological polar surface area (TPSA) is 23.8 Å². The van der Waals surface area contributed by atoms with Crippen molar-refractivity contribution in [3.63, 3.8) is 0 Å². The summed E-state index contributed by atoms with van der Waals surface area (Å²) in [4.78, 5) is 0. The fourth-order valence-corrected chi connectivity index (χ4v) is 1.71. The zero-order valence-electron chi connectivity index (χ0n) is 7.09. The van der Waals surface area contributed by atoms with Gasteiger partial charge in [0.1, 0.15) is 0 Å². The van der Waals surface area contributed by atoms with Crippen LogP contribution < -0.4 is 0 Å². The lowest BCUT2D eigenvalue weighted by Gasteiger charge is -2.21. The van der Waals surface area contributed by atoms with Gasteiger partial charge in [-0.3, -0.25) is 0 Å². The second-order valence-corrected chi connectivity index (χ2v) is 3.27. The molecule has 0 aromatic carbocycles. The molecule has 1 rings (SSSR count). The minimum Gasteiger partial charge on any atom is -0.198 e. The van der Waals surface area contributed by atoms with Crippen LogP contribution in [0.5, 0.6) is 0 Å². The first-order chi connectivity index (χ1) is 5.36. The Morgan fingerprint density at radius 1 is 1.27 bits per heavy atom. The van der Waals surface area contributed by atoms with Gasteiger partial charge in [-0.05, 0) is 38.5 Å². The zero-order chi connectivity index (χ0) is 8.10. The molecule has 0 heterocycles. The van der Waals surface area contributed by atoms with Gasteiger partial charge in [-0.1, -0.05) is 12.2 Å². The van der Waals surface area contributed by atoms with Gasteiger partial charge in [0.15, 0.2) is 0 Å². The number of rotatable bonds is 1. The standard InChI is InChI=1S/C10H15N/c1-2-3-9-4-6-10(8-11)7-5-9/h2-3,9-10H,4-7H2,1H3/b3-2+/t9-,10-. The summed E-state index contributed by atoms with van der Waals surface area (Å²) >= 11 is 0. The van der Waals surface area contributed by atoms with Crippen molar-refractivity contribution < 1.29 is 0 Å². The minimum atomic E-state index is 0.344. The van der Waals surface area contributed by atoms with Crippen LogP contribution in [0.25, 0.3) is 0 Å². The number of allylic oxidation sites excluding steroid dienone is 2. The third-order valence-electron chi connectivity index (χ3n) is 2.42. The maximum Gasteiger partial charge on any atom is 0.0655 e. The molecule has 0 amide bonds. The van der Waals surface area contributed by atoms with Crippen molar-refractivity contribution in [3.8, 4) is 6.07 Å². The van der Waals surface area contributed by atoms with Gasteiger partial charge in [0.05, 0.1) is 6.07 Å². The van der Waals surface area contributed by atoms with E-state index in [9.17, 15) is 0 Å². The lowest BCUT2D eigenvalue weighted by Crippen LogP contribution is -2.11. The average Bonchev–Trinajstić information content (AvgIpc) is 2.07. The van der Waals surface area contributed by atoms with E-state index in [1.807, 2.05) is 0 Å². The second-order valence-electron chi connectivity index (χ2n) is 3.27. The second kappa shape index (κ2) is 4.18. The van der Waals surface area contributed by atoms with Gasteiger partial charge in [-0.15, -0.1) is 0 Å². The van der Waals surface area contributed by atoms with Gasteiger partial charge in [0.25, 0.3) is 0 Å². The predicted molar refractivity (Wildman–Crippen MR) is 45.9 cm³/mol. The molecule has 0 aliphatic heterocycles. The molecule has 60 valence electrons. The van der Waals surface area contributed by atoms with Gasteiger partial charge in [0, 0.05) is 5.92 Å². The normalized spacial score (nSPS) is 32.0. The van der Waals surface area contributed by atoms with E-state index in [4.69, 9.17) is 5.26 Å². The smallest absolute Gasteiger partial charge is 0.0655 e. The molecular weight excluding hydrogens is 134 g/mol. The minimum absolute atomic E-state index is 0.344. The molecule has 1 heteroatoms. The Balaban J connectivity index is 2.31. The largest absolute Gasteiger partial charge is 0.198 e. The molecule has 0 aromatic heterocycles. The number of nitrogens with zero attached hydrogens (tertiary/aromatic N) is 1. The fraction of sp³-hybridized carbons (Fsp3) is 0.700. The summed E-state index contributed by atoms with van der Waals surface area (Å²) in [6.07, 6.45) is 9.02. The Hall–Kier alpha value is -0.770. The summed E-state index contributed by atoms with van der Waals surface area (Å²) in [5.41, 5.74) is 0. The van der Waals surface area contributed by atoms with Gasteiger partial charge >= 0.3 is 0 Å². The molecule has 0 N–H and O–H groups in total. The van der Waals surface area contributed by atoms with Gasteiger partial charge in [0.2, 0.25) is 0 Å². The zero-order valence-corrected chi connectivity index (χ0v) is 7.09. The molecule has 1 saturated carbocycles. The highest BCUT2D eigenvalue weighted by Gasteiger charge is 2.18. The monoisotopic (exact) mass is 149 g/mol. The molecule has 1 aliphatic rings. The molecule has 0 bridgehead atoms. The average molecular weight is 149 g/mol. The van der Waals surface area contributed by atoms with E-state index >= 15 is 0 Å². The van der Waals surface area contributed by atoms with Crippen molar-refractivity contribution >= 4 is 0 Å². The third-order valence-corrected chi connectivity index (χ3v) is 2.42. The van der Waals surface area contributed by atoms with Gasteiger partial charge < -0.3 is 0 Å². The van der Waals surface area contributed by atoms with E-state index in [1.165, 1.54) is 12.8 Å². The van der Waals surface area contributed by atoms with Crippen molar-refractivity contribution in [2.45, 2.75) is 32.6 Å². The molecule has 0 spiro atoms. The van der Waals surface area contributed by atoms with Crippen molar-refractivity contribution in [3.05, 3.63) is 12.2 Å². The van der Waals surface area contributed by atoms with E-state index in [0.29, 0.717) is 5.92 Å². The summed E-state index contributed by atoms with van der Waals surface area (Å²) in [7, 11) is 0. The predicted octanol–water partition coefficient (Wildman–Crippen LogP) is 2.89. The summed E-state index contributed by atoms with van der Waals surface area (Å²) < 4.78 is 0. The number of hydrogen-bond donors (Lipinski definition) is 0. The number of hydrogen-bond acceptors (Lipinski definition) is 1. The summed E-state index contributed by atoms with van der Waals surface area (Å²) in [6.45, 7) is 2.07. The van der Waals surface area contributed by atoms with Gasteiger partial charge in [-0.25, -0.2) is 0 Å². The van der Waals surface area contributed by atoms with E-state index < -0.39 is 0 Å². The Morgan fingerprint density at radius 3 is 2.36 bits per heavy atom. The van der Waals surface area contributed by atoms with E-state index in [2.05, 4.69) is 25.1 Å². The molecule has 11 heavy (non-hydrogen) atoms. The maximum atomic E-state index is 8.64. The van der Waals surface area contributed by atoms with Crippen LogP contribution in [-0.4, -0.2) is 0 Å². The molecule has 1 nitrogen and oxygen atoms in total. The molecule has 0 radical (unpaired) electrons. The van der Waals surface area contributed by atoms with Crippen molar-refractivity contribution in [2.24, 2.45) is 11.8 Å². The lowest BCUT2D eigenvalue weighted by molar-refractivity contribution is 0.362. The van der Waals surface area contributed by atoms with Crippen molar-refractivity contribution in [2.75, 3.05) is 0 Å². The quantitative estimate of drug-likeness (QED) is 0.526. The highest BCUT2D eigenvalue weighted by Crippen LogP contribution is 2.28. The Bertz CT molecular complexity index is 168. The van der Waals surface area contributed by atoms with Crippen LogP contribution >= 0.6 is 0 Å². The fourth-order valence-electron chi connectivity index (χ4n) is 1.71. The first-order valence-electron chi connectivity index (χ1n) is 4.39. The first-order valence-corrected chi connectivity index (χ1v) is 4.39. The first kappa shape index (κ1) is 8.33. The highest BCUT2D eigenvalue weighted by molar-refractivity contribution is 4.93. The molecule has 0 aromatic rings. The Morgan fingerprint density at radius 2 is 1.91 bits per heavy atom. The van der Waals surface area contributed by atoms with Gasteiger partial charge in [-0.2, -0.15) is 5.26 Å². The SMILES string of the molecule is C/C=C/[C@H]1CC[C@H](C#N)CC1. The van der Waals surface area contributed by atoms with Crippen LogP contribution in [0.2, 0.25) is 0 Å². The number of nitriles is 1. The van der Waals surface area contributed by atoms with E-state index in [1.54, 1.807) is 0 Å². The molecule has 0 unspecified atom stereocenters. The van der Waals surface area contributed by atoms with Crippen molar-refractivity contribution in [1.29, 1.82) is 5.26 Å². The van der Waals surface area contributed by atoms with Crippen LogP contribution in [0.4, 0.5) is 0 Å². The Labute approximate surface area is 68.7 Å². The molecule has 0 saturated heterocycles. The Kier molecular flexibility index (Phi) is 3.16. The molecule has 1 aliphatic carbocycles. The van der Waals surface area contributed by atoms with Crippen LogP contribution in [0, 0.1) is 23.2 Å². The van der Waals surface area contributed by atoms with Crippen LogP contribution in [0.1, 0.15) is 32.6 Å². The summed E-state index contributed by atoms with van der Waals surface area (Å²) in [5.74, 6) is 1.10. The van der Waals surface area contributed by atoms with E-state index in [0.717, 1.165) is 18.8 Å². The molecule has 0 atom stereocenters. The van der Waals surface area contributed by atoms with Crippen LogP contribution in [-0.2, 0) is 0 Å². The van der Waals surface area contributed by atoms with Crippen molar-refractivity contribution in [1.82, 2.24) is 0 Å². The highest BCUT2D eigenvalue weighted by atomic mass is 14.3. The lowest BCUT2D eigenvalue weighted by atomic mass is 9.83. The third kappa shape index (κ3) is 2.38.